The quantitative estimate of drug-likeness (QED) is 0.793. The van der Waals surface area contributed by atoms with Crippen molar-refractivity contribution in [3.8, 4) is 5.69 Å². The number of nitrogens with one attached hydrogen (secondary N) is 1. The average Bonchev–Trinajstić information content (AvgIpc) is 2.60. The number of carbonyl (C=O) groups is 1. The molecule has 3 aromatic rings. The van der Waals surface area contributed by atoms with Gasteiger partial charge < -0.3 is 5.32 Å². The molecule has 25 heavy (non-hydrogen) atoms. The fourth-order valence-corrected chi connectivity index (χ4v) is 2.77. The fourth-order valence-electron chi connectivity index (χ4n) is 2.77. The summed E-state index contributed by atoms with van der Waals surface area (Å²) in [5, 5.41) is 2.87. The topological polar surface area (TPSA) is 51.1 Å². The lowest BCUT2D eigenvalue weighted by atomic mass is 10.0. The summed E-state index contributed by atoms with van der Waals surface area (Å²) in [6, 6.07) is 18.5. The molecule has 1 aromatic heterocycles. The molecule has 126 valence electrons. The average molecular weight is 332 g/mol. The SMILES string of the molecule is Cc1ccc(CC(=O)Nc2ccc(=O)n(-c3ccccc3)c2)c(C)c1. The van der Waals surface area contributed by atoms with Crippen molar-refractivity contribution in [2.24, 2.45) is 0 Å². The number of para-hydroxylation sites is 1. The Bertz CT molecular complexity index is 959. The Morgan fingerprint density at radius 3 is 2.48 bits per heavy atom. The van der Waals surface area contributed by atoms with Gasteiger partial charge >= 0.3 is 0 Å². The molecule has 0 aliphatic rings. The van der Waals surface area contributed by atoms with Gasteiger partial charge in [-0.1, -0.05) is 42.0 Å². The molecule has 0 radical (unpaired) electrons. The minimum atomic E-state index is -0.140. The number of aryl methyl sites for hydroxylation is 2. The highest BCUT2D eigenvalue weighted by atomic mass is 16.1. The van der Waals surface area contributed by atoms with Crippen LogP contribution in [0.4, 0.5) is 5.69 Å². The summed E-state index contributed by atoms with van der Waals surface area (Å²) in [4.78, 5) is 24.4. The minimum Gasteiger partial charge on any atom is -0.324 e. The third kappa shape index (κ3) is 4.04. The number of nitrogens with zero attached hydrogens (tertiary/aromatic N) is 1. The van der Waals surface area contributed by atoms with Crippen LogP contribution < -0.4 is 10.9 Å². The van der Waals surface area contributed by atoms with E-state index in [0.29, 0.717) is 12.1 Å². The van der Waals surface area contributed by atoms with Crippen LogP contribution in [0.5, 0.6) is 0 Å². The number of aromatic nitrogens is 1. The molecule has 0 saturated carbocycles. The summed E-state index contributed by atoms with van der Waals surface area (Å²) in [5.41, 5.74) is 4.50. The summed E-state index contributed by atoms with van der Waals surface area (Å²) in [6.07, 6.45) is 1.95. The molecule has 0 unspecified atom stereocenters. The normalized spacial score (nSPS) is 10.5. The van der Waals surface area contributed by atoms with E-state index in [0.717, 1.165) is 16.8 Å². The number of rotatable bonds is 4. The Morgan fingerprint density at radius 1 is 1.00 bits per heavy atom. The molecule has 0 saturated heterocycles. The van der Waals surface area contributed by atoms with Gasteiger partial charge in [-0.15, -0.1) is 0 Å². The first-order valence-electron chi connectivity index (χ1n) is 8.17. The fraction of sp³-hybridized carbons (Fsp3) is 0.143. The predicted octanol–water partition coefficient (Wildman–Crippen LogP) is 3.64. The highest BCUT2D eigenvalue weighted by Gasteiger charge is 2.08. The van der Waals surface area contributed by atoms with Crippen LogP contribution in [-0.4, -0.2) is 10.5 Å². The van der Waals surface area contributed by atoms with Gasteiger partial charge in [0.1, 0.15) is 0 Å². The van der Waals surface area contributed by atoms with Crippen LogP contribution in [0.2, 0.25) is 0 Å². The van der Waals surface area contributed by atoms with E-state index in [1.807, 2.05) is 56.3 Å². The van der Waals surface area contributed by atoms with Crippen LogP contribution in [-0.2, 0) is 11.2 Å². The number of benzene rings is 2. The second-order valence-corrected chi connectivity index (χ2v) is 6.12. The van der Waals surface area contributed by atoms with Crippen molar-refractivity contribution < 1.29 is 4.79 Å². The molecule has 1 N–H and O–H groups in total. The molecular weight excluding hydrogens is 312 g/mol. The first kappa shape index (κ1) is 16.7. The number of amides is 1. The maximum atomic E-state index is 12.4. The number of anilines is 1. The zero-order valence-corrected chi connectivity index (χ0v) is 14.3. The molecule has 0 aliphatic carbocycles. The highest BCUT2D eigenvalue weighted by Crippen LogP contribution is 2.13. The van der Waals surface area contributed by atoms with Crippen LogP contribution >= 0.6 is 0 Å². The molecule has 2 aromatic carbocycles. The Morgan fingerprint density at radius 2 is 1.76 bits per heavy atom. The number of hydrogen-bond acceptors (Lipinski definition) is 2. The molecule has 0 bridgehead atoms. The molecule has 3 rings (SSSR count). The number of pyridine rings is 1. The van der Waals surface area contributed by atoms with Crippen LogP contribution in [0.1, 0.15) is 16.7 Å². The van der Waals surface area contributed by atoms with Gasteiger partial charge in [0, 0.05) is 18.0 Å². The van der Waals surface area contributed by atoms with Gasteiger partial charge in [0.2, 0.25) is 5.91 Å². The Labute approximate surface area is 146 Å². The summed E-state index contributed by atoms with van der Waals surface area (Å²) < 4.78 is 1.52. The van der Waals surface area contributed by atoms with Gasteiger partial charge in [-0.2, -0.15) is 0 Å². The van der Waals surface area contributed by atoms with Gasteiger partial charge in [-0.3, -0.25) is 14.2 Å². The highest BCUT2D eigenvalue weighted by molar-refractivity contribution is 5.92. The van der Waals surface area contributed by atoms with E-state index in [-0.39, 0.29) is 11.5 Å². The van der Waals surface area contributed by atoms with Crippen molar-refractivity contribution in [1.29, 1.82) is 0 Å². The molecule has 0 spiro atoms. The largest absolute Gasteiger partial charge is 0.324 e. The Kier molecular flexibility index (Phi) is 4.80. The van der Waals surface area contributed by atoms with Gasteiger partial charge in [0.25, 0.3) is 5.56 Å². The third-order valence-electron chi connectivity index (χ3n) is 4.08. The van der Waals surface area contributed by atoms with Crippen molar-refractivity contribution in [2.45, 2.75) is 20.3 Å². The molecule has 1 heterocycles. The number of carbonyl (C=O) groups excluding carboxylic acids is 1. The summed E-state index contributed by atoms with van der Waals surface area (Å²) >= 11 is 0. The van der Waals surface area contributed by atoms with E-state index >= 15 is 0 Å². The van der Waals surface area contributed by atoms with E-state index in [2.05, 4.69) is 11.4 Å². The predicted molar refractivity (Wildman–Crippen MR) is 100 cm³/mol. The van der Waals surface area contributed by atoms with Crippen molar-refractivity contribution in [3.05, 3.63) is 93.9 Å². The molecular formula is C21H20N2O2. The van der Waals surface area contributed by atoms with Crippen molar-refractivity contribution >= 4 is 11.6 Å². The van der Waals surface area contributed by atoms with Gasteiger partial charge in [-0.25, -0.2) is 0 Å². The number of hydrogen-bond donors (Lipinski definition) is 1. The van der Waals surface area contributed by atoms with E-state index in [9.17, 15) is 9.59 Å². The summed E-state index contributed by atoms with van der Waals surface area (Å²) in [6.45, 7) is 4.04. The van der Waals surface area contributed by atoms with Gasteiger partial charge in [0.15, 0.2) is 0 Å². The first-order valence-corrected chi connectivity index (χ1v) is 8.17. The second kappa shape index (κ2) is 7.18. The second-order valence-electron chi connectivity index (χ2n) is 6.12. The van der Waals surface area contributed by atoms with E-state index in [4.69, 9.17) is 0 Å². The van der Waals surface area contributed by atoms with Crippen molar-refractivity contribution in [3.63, 3.8) is 0 Å². The van der Waals surface area contributed by atoms with E-state index < -0.39 is 0 Å². The lowest BCUT2D eigenvalue weighted by Crippen LogP contribution is -2.20. The van der Waals surface area contributed by atoms with E-state index in [1.165, 1.54) is 16.2 Å². The van der Waals surface area contributed by atoms with Gasteiger partial charge in [-0.05, 0) is 43.2 Å². The zero-order chi connectivity index (χ0) is 17.8. The van der Waals surface area contributed by atoms with E-state index in [1.54, 1.807) is 12.3 Å². The molecule has 0 fully saturated rings. The van der Waals surface area contributed by atoms with Gasteiger partial charge in [0.05, 0.1) is 12.1 Å². The van der Waals surface area contributed by atoms with Crippen LogP contribution in [0.25, 0.3) is 5.69 Å². The van der Waals surface area contributed by atoms with Crippen molar-refractivity contribution in [2.75, 3.05) is 5.32 Å². The van der Waals surface area contributed by atoms with Crippen LogP contribution in [0.15, 0.2) is 71.7 Å². The lowest BCUT2D eigenvalue weighted by Gasteiger charge is -2.11. The van der Waals surface area contributed by atoms with Crippen molar-refractivity contribution in [1.82, 2.24) is 4.57 Å². The maximum Gasteiger partial charge on any atom is 0.255 e. The maximum absolute atomic E-state index is 12.4. The molecule has 0 atom stereocenters. The third-order valence-corrected chi connectivity index (χ3v) is 4.08. The Hall–Kier alpha value is -3.14. The zero-order valence-electron chi connectivity index (χ0n) is 14.3. The van der Waals surface area contributed by atoms with Crippen LogP contribution in [0.3, 0.4) is 0 Å². The molecule has 4 nitrogen and oxygen atoms in total. The molecule has 1 amide bonds. The Balaban J connectivity index is 1.79. The molecule has 4 heteroatoms. The standard InChI is InChI=1S/C21H20N2O2/c1-15-8-9-17(16(2)12-15)13-20(24)22-18-10-11-21(25)23(14-18)19-6-4-3-5-7-19/h3-12,14H,13H2,1-2H3,(H,22,24). The summed E-state index contributed by atoms with van der Waals surface area (Å²) in [5.74, 6) is -0.106. The summed E-state index contributed by atoms with van der Waals surface area (Å²) in [7, 11) is 0. The monoisotopic (exact) mass is 332 g/mol. The minimum absolute atomic E-state index is 0.106. The lowest BCUT2D eigenvalue weighted by molar-refractivity contribution is -0.115. The smallest absolute Gasteiger partial charge is 0.255 e. The first-order chi connectivity index (χ1) is 12.0. The van der Waals surface area contributed by atoms with Crippen LogP contribution in [0, 0.1) is 13.8 Å². The molecule has 0 aliphatic heterocycles.